The van der Waals surface area contributed by atoms with E-state index >= 15 is 0 Å². The minimum Gasteiger partial charge on any atom is -0.376 e. The molecule has 6 heteroatoms. The van der Waals surface area contributed by atoms with Crippen LogP contribution in [-0.4, -0.2) is 40.2 Å². The third-order valence-corrected chi connectivity index (χ3v) is 5.00. The van der Waals surface area contributed by atoms with Crippen LogP contribution in [0.25, 0.3) is 11.3 Å². The van der Waals surface area contributed by atoms with Crippen LogP contribution in [0.4, 0.5) is 0 Å². The molecule has 1 atom stereocenters. The average Bonchev–Trinajstić information content (AvgIpc) is 3.13. The Morgan fingerprint density at radius 1 is 1.33 bits per heavy atom. The fourth-order valence-corrected chi connectivity index (χ4v) is 3.53. The van der Waals surface area contributed by atoms with Gasteiger partial charge in [0.15, 0.2) is 0 Å². The van der Waals surface area contributed by atoms with Gasteiger partial charge in [0.2, 0.25) is 5.91 Å². The largest absolute Gasteiger partial charge is 0.376 e. The molecule has 1 amide bonds. The lowest BCUT2D eigenvalue weighted by Gasteiger charge is -2.21. The Bertz CT molecular complexity index is 925. The topological polar surface area (TPSA) is 69.0 Å². The Labute approximate surface area is 179 Å². The number of nitrogens with zero attached hydrogens (tertiary/aromatic N) is 3. The highest BCUT2D eigenvalue weighted by Crippen LogP contribution is 2.22. The lowest BCUT2D eigenvalue weighted by atomic mass is 9.92. The average molecular weight is 409 g/mol. The van der Waals surface area contributed by atoms with Crippen molar-refractivity contribution in [2.45, 2.75) is 66.0 Å². The molecule has 0 saturated carbocycles. The Morgan fingerprint density at radius 3 is 2.87 bits per heavy atom. The minimum absolute atomic E-state index is 0.0181. The van der Waals surface area contributed by atoms with Gasteiger partial charge in [-0.3, -0.25) is 4.79 Å². The van der Waals surface area contributed by atoms with Crippen LogP contribution >= 0.6 is 0 Å². The fourth-order valence-electron chi connectivity index (χ4n) is 3.53. The number of benzene rings is 1. The number of amides is 1. The molecule has 6 nitrogen and oxygen atoms in total. The van der Waals surface area contributed by atoms with Crippen molar-refractivity contribution in [2.75, 3.05) is 13.2 Å². The highest BCUT2D eigenvalue weighted by atomic mass is 16.5. The van der Waals surface area contributed by atoms with Crippen LogP contribution in [0.1, 0.15) is 57.6 Å². The number of carbonyl (C=O) groups is 1. The molecule has 160 valence electrons. The summed E-state index contributed by atoms with van der Waals surface area (Å²) in [5, 5.41) is 11.5. The van der Waals surface area contributed by atoms with Crippen molar-refractivity contribution in [3.8, 4) is 23.1 Å². The number of ether oxygens (including phenoxy) is 1. The van der Waals surface area contributed by atoms with Crippen LogP contribution in [-0.2, 0) is 16.1 Å². The van der Waals surface area contributed by atoms with Gasteiger partial charge in [0.05, 0.1) is 25.4 Å². The molecule has 0 bridgehead atoms. The van der Waals surface area contributed by atoms with Gasteiger partial charge in [0.25, 0.3) is 0 Å². The standard InChI is InChI=1S/C24H32N4O2/c1-18-14-19(8-7-12-25-23(29)15-24(2,3)4)10-11-21(18)22-17-28(27-26-22)16-20-9-5-6-13-30-20/h10-11,14,17,20H,5-6,9,12-13,15-16H2,1-4H3,(H,25,29). The molecule has 0 aliphatic carbocycles. The molecule has 30 heavy (non-hydrogen) atoms. The Kier molecular flexibility index (Phi) is 7.28. The van der Waals surface area contributed by atoms with Gasteiger partial charge in [0, 0.05) is 24.2 Å². The third kappa shape index (κ3) is 6.70. The molecule has 1 saturated heterocycles. The second kappa shape index (κ2) is 9.90. The number of hydrogen-bond donors (Lipinski definition) is 1. The lowest BCUT2D eigenvalue weighted by molar-refractivity contribution is -0.122. The molecule has 0 radical (unpaired) electrons. The van der Waals surface area contributed by atoms with Crippen LogP contribution in [0.5, 0.6) is 0 Å². The highest BCUT2D eigenvalue weighted by Gasteiger charge is 2.16. The van der Waals surface area contributed by atoms with E-state index < -0.39 is 0 Å². The predicted molar refractivity (Wildman–Crippen MR) is 118 cm³/mol. The van der Waals surface area contributed by atoms with Crippen molar-refractivity contribution in [1.29, 1.82) is 0 Å². The van der Waals surface area contributed by atoms with Gasteiger partial charge in [0.1, 0.15) is 5.69 Å². The van der Waals surface area contributed by atoms with Crippen molar-refractivity contribution < 1.29 is 9.53 Å². The fraction of sp³-hybridized carbons (Fsp3) is 0.542. The minimum atomic E-state index is -0.0181. The molecule has 2 aromatic rings. The molecule has 1 aromatic carbocycles. The van der Waals surface area contributed by atoms with E-state index in [0.29, 0.717) is 13.0 Å². The van der Waals surface area contributed by atoms with Gasteiger partial charge in [-0.15, -0.1) is 5.10 Å². The zero-order chi connectivity index (χ0) is 21.6. The van der Waals surface area contributed by atoms with Crippen molar-refractivity contribution in [3.63, 3.8) is 0 Å². The SMILES string of the molecule is Cc1cc(C#CCNC(=O)CC(C)(C)C)ccc1-c1cn(CC2CCCCO2)nn1. The molecule has 1 N–H and O–H groups in total. The first-order chi connectivity index (χ1) is 14.3. The first kappa shape index (κ1) is 22.0. The molecule has 3 rings (SSSR count). The van der Waals surface area contributed by atoms with E-state index in [1.807, 2.05) is 49.8 Å². The van der Waals surface area contributed by atoms with Crippen LogP contribution in [0.2, 0.25) is 0 Å². The van der Waals surface area contributed by atoms with Crippen molar-refractivity contribution in [3.05, 3.63) is 35.5 Å². The zero-order valence-corrected chi connectivity index (χ0v) is 18.5. The van der Waals surface area contributed by atoms with E-state index in [4.69, 9.17) is 4.74 Å². The summed E-state index contributed by atoms with van der Waals surface area (Å²) in [5.41, 5.74) is 3.91. The number of carbonyl (C=O) groups excluding carboxylic acids is 1. The molecule has 1 unspecified atom stereocenters. The van der Waals surface area contributed by atoms with E-state index in [1.165, 1.54) is 6.42 Å². The van der Waals surface area contributed by atoms with Gasteiger partial charge in [-0.1, -0.05) is 43.9 Å². The van der Waals surface area contributed by atoms with Crippen LogP contribution in [0.3, 0.4) is 0 Å². The quantitative estimate of drug-likeness (QED) is 0.766. The third-order valence-electron chi connectivity index (χ3n) is 5.00. The first-order valence-electron chi connectivity index (χ1n) is 10.7. The van der Waals surface area contributed by atoms with Gasteiger partial charge < -0.3 is 10.1 Å². The van der Waals surface area contributed by atoms with Crippen molar-refractivity contribution >= 4 is 5.91 Å². The summed E-state index contributed by atoms with van der Waals surface area (Å²) in [5.74, 6) is 6.18. The van der Waals surface area contributed by atoms with Crippen LogP contribution in [0.15, 0.2) is 24.4 Å². The van der Waals surface area contributed by atoms with Crippen LogP contribution < -0.4 is 5.32 Å². The molecular weight excluding hydrogens is 376 g/mol. The maximum absolute atomic E-state index is 11.9. The Balaban J connectivity index is 1.57. The number of nitrogens with one attached hydrogen (secondary N) is 1. The first-order valence-corrected chi connectivity index (χ1v) is 10.7. The molecule has 2 heterocycles. The molecular formula is C24H32N4O2. The molecule has 1 aliphatic heterocycles. The van der Waals surface area contributed by atoms with E-state index in [-0.39, 0.29) is 17.4 Å². The summed E-state index contributed by atoms with van der Waals surface area (Å²) < 4.78 is 7.67. The molecule has 0 spiro atoms. The summed E-state index contributed by atoms with van der Waals surface area (Å²) in [6.45, 7) is 10.1. The van der Waals surface area contributed by atoms with Gasteiger partial charge in [-0.25, -0.2) is 4.68 Å². The maximum Gasteiger partial charge on any atom is 0.221 e. The summed E-state index contributed by atoms with van der Waals surface area (Å²) in [4.78, 5) is 11.9. The second-order valence-electron chi connectivity index (χ2n) is 9.16. The molecule has 1 fully saturated rings. The summed E-state index contributed by atoms with van der Waals surface area (Å²) >= 11 is 0. The monoisotopic (exact) mass is 408 g/mol. The van der Waals surface area contributed by atoms with Gasteiger partial charge >= 0.3 is 0 Å². The number of hydrogen-bond acceptors (Lipinski definition) is 4. The second-order valence-corrected chi connectivity index (χ2v) is 9.16. The van der Waals surface area contributed by atoms with E-state index in [0.717, 1.165) is 48.4 Å². The van der Waals surface area contributed by atoms with Gasteiger partial charge in [-0.05, 0) is 49.3 Å². The van der Waals surface area contributed by atoms with E-state index in [2.05, 4.69) is 34.4 Å². The predicted octanol–water partition coefficient (Wildman–Crippen LogP) is 3.73. The summed E-state index contributed by atoms with van der Waals surface area (Å²) in [6, 6.07) is 6.06. The Morgan fingerprint density at radius 2 is 2.17 bits per heavy atom. The molecule has 1 aromatic heterocycles. The number of aromatic nitrogens is 3. The zero-order valence-electron chi connectivity index (χ0n) is 18.5. The van der Waals surface area contributed by atoms with Crippen molar-refractivity contribution in [2.24, 2.45) is 5.41 Å². The molecule has 1 aliphatic rings. The van der Waals surface area contributed by atoms with Crippen LogP contribution in [0, 0.1) is 24.2 Å². The lowest BCUT2D eigenvalue weighted by Crippen LogP contribution is -2.27. The van der Waals surface area contributed by atoms with Gasteiger partial charge in [-0.2, -0.15) is 0 Å². The smallest absolute Gasteiger partial charge is 0.221 e. The Hall–Kier alpha value is -2.65. The van der Waals surface area contributed by atoms with E-state index in [9.17, 15) is 4.79 Å². The summed E-state index contributed by atoms with van der Waals surface area (Å²) in [6.07, 6.45) is 6.16. The maximum atomic E-state index is 11.9. The normalized spacial score (nSPS) is 16.6. The number of aryl methyl sites for hydroxylation is 1. The van der Waals surface area contributed by atoms with Crippen molar-refractivity contribution in [1.82, 2.24) is 20.3 Å². The number of rotatable bonds is 5. The highest BCUT2D eigenvalue weighted by molar-refractivity contribution is 5.76. The van der Waals surface area contributed by atoms with E-state index in [1.54, 1.807) is 0 Å². The summed E-state index contributed by atoms with van der Waals surface area (Å²) in [7, 11) is 0.